The first-order valence-corrected chi connectivity index (χ1v) is 9.20. The molecule has 1 aromatic carbocycles. The molecule has 2 aromatic heterocycles. The topological polar surface area (TPSA) is 111 Å². The summed E-state index contributed by atoms with van der Waals surface area (Å²) < 4.78 is 5.56. The molecule has 0 aliphatic rings. The van der Waals surface area contributed by atoms with E-state index in [1.165, 1.54) is 42.2 Å². The number of nitro benzene ring substituents is 1. The molecular formula is C19H18N4O4S. The number of aromatic nitrogens is 1. The van der Waals surface area contributed by atoms with Crippen LogP contribution in [0.25, 0.3) is 0 Å². The zero-order chi connectivity index (χ0) is 20.4. The molecule has 28 heavy (non-hydrogen) atoms. The molecular weight excluding hydrogens is 380 g/mol. The molecule has 0 aliphatic carbocycles. The Morgan fingerprint density at radius 2 is 2.04 bits per heavy atom. The van der Waals surface area contributed by atoms with Gasteiger partial charge in [-0.3, -0.25) is 14.9 Å². The lowest BCUT2D eigenvalue weighted by molar-refractivity contribution is -0.384. The summed E-state index contributed by atoms with van der Waals surface area (Å²) >= 11 is 1.36. The Bertz CT molecular complexity index is 957. The molecule has 0 saturated carbocycles. The summed E-state index contributed by atoms with van der Waals surface area (Å²) in [6, 6.07) is 14.4. The lowest BCUT2D eigenvalue weighted by atomic mass is 10.2. The van der Waals surface area contributed by atoms with E-state index in [9.17, 15) is 14.9 Å². The number of carbonyl (C=O) groups is 1. The number of hydrogen-bond donors (Lipinski definition) is 1. The number of hydrogen-bond acceptors (Lipinski definition) is 7. The van der Waals surface area contributed by atoms with E-state index in [1.54, 1.807) is 18.3 Å². The predicted octanol–water partition coefficient (Wildman–Crippen LogP) is 4.52. The van der Waals surface area contributed by atoms with E-state index < -0.39 is 10.8 Å². The van der Waals surface area contributed by atoms with Crippen LogP contribution in [0.3, 0.4) is 0 Å². The molecule has 0 fully saturated rings. The van der Waals surface area contributed by atoms with Crippen LogP contribution in [0.2, 0.25) is 0 Å². The number of carbonyl (C=O) groups excluding carboxylic acids is 1. The number of nitrogens with zero attached hydrogens (tertiary/aromatic N) is 3. The fourth-order valence-corrected chi connectivity index (χ4v) is 2.69. The third-order valence-electron chi connectivity index (χ3n) is 3.12. The highest BCUT2D eigenvalue weighted by atomic mass is 32.2. The van der Waals surface area contributed by atoms with Crippen LogP contribution in [0.4, 0.5) is 5.69 Å². The second-order valence-corrected chi connectivity index (χ2v) is 5.96. The number of pyridine rings is 1. The molecule has 1 amide bonds. The van der Waals surface area contributed by atoms with Crippen LogP contribution in [-0.2, 0) is 0 Å². The second-order valence-electron chi connectivity index (χ2n) is 4.93. The standard InChI is InChI=1S/C17H12N4O4S.C2H6/c22-17(12-4-3-5-13(10-12)21(23)24)20-19-11-14-7-8-16(25-14)26-15-6-1-2-9-18-15;1-2/h1-11H,(H,20,22);1-2H3/b19-11+;. The number of furan rings is 1. The van der Waals surface area contributed by atoms with Gasteiger partial charge < -0.3 is 4.42 Å². The number of nitrogens with one attached hydrogen (secondary N) is 1. The van der Waals surface area contributed by atoms with Crippen molar-refractivity contribution in [2.45, 2.75) is 24.0 Å². The third-order valence-corrected chi connectivity index (χ3v) is 3.99. The average Bonchev–Trinajstić information content (AvgIpc) is 3.17. The van der Waals surface area contributed by atoms with Gasteiger partial charge in [-0.15, -0.1) is 0 Å². The highest BCUT2D eigenvalue weighted by molar-refractivity contribution is 7.99. The molecule has 9 heteroatoms. The van der Waals surface area contributed by atoms with Crippen molar-refractivity contribution in [3.05, 3.63) is 82.2 Å². The van der Waals surface area contributed by atoms with Crippen molar-refractivity contribution in [3.8, 4) is 0 Å². The van der Waals surface area contributed by atoms with Gasteiger partial charge in [0.2, 0.25) is 0 Å². The Morgan fingerprint density at radius 1 is 1.21 bits per heavy atom. The summed E-state index contributed by atoms with van der Waals surface area (Å²) in [5.74, 6) is -0.109. The van der Waals surface area contributed by atoms with Gasteiger partial charge in [-0.2, -0.15) is 5.10 Å². The minimum absolute atomic E-state index is 0.141. The van der Waals surface area contributed by atoms with Gasteiger partial charge in [0.25, 0.3) is 11.6 Å². The van der Waals surface area contributed by atoms with Gasteiger partial charge in [-0.1, -0.05) is 26.0 Å². The van der Waals surface area contributed by atoms with Crippen molar-refractivity contribution in [3.63, 3.8) is 0 Å². The molecule has 0 spiro atoms. The molecule has 0 bridgehead atoms. The molecule has 0 radical (unpaired) electrons. The van der Waals surface area contributed by atoms with Crippen LogP contribution >= 0.6 is 11.8 Å². The lowest BCUT2D eigenvalue weighted by Gasteiger charge is -1.99. The van der Waals surface area contributed by atoms with Gasteiger partial charge in [0.1, 0.15) is 10.8 Å². The van der Waals surface area contributed by atoms with Crippen molar-refractivity contribution < 1.29 is 14.1 Å². The maximum Gasteiger partial charge on any atom is 0.271 e. The maximum absolute atomic E-state index is 12.0. The number of rotatable bonds is 6. The van der Waals surface area contributed by atoms with Crippen LogP contribution in [0, 0.1) is 10.1 Å². The van der Waals surface area contributed by atoms with Gasteiger partial charge >= 0.3 is 0 Å². The molecule has 2 heterocycles. The van der Waals surface area contributed by atoms with Crippen LogP contribution in [-0.4, -0.2) is 22.0 Å². The number of hydrazone groups is 1. The predicted molar refractivity (Wildman–Crippen MR) is 107 cm³/mol. The van der Waals surface area contributed by atoms with E-state index in [0.29, 0.717) is 10.9 Å². The Balaban J connectivity index is 0.00000136. The fourth-order valence-electron chi connectivity index (χ4n) is 1.95. The van der Waals surface area contributed by atoms with Crippen LogP contribution in [0.15, 0.2) is 80.4 Å². The lowest BCUT2D eigenvalue weighted by Crippen LogP contribution is -2.17. The van der Waals surface area contributed by atoms with Gasteiger partial charge in [0, 0.05) is 23.9 Å². The van der Waals surface area contributed by atoms with E-state index >= 15 is 0 Å². The second kappa shape index (κ2) is 10.6. The number of benzene rings is 1. The van der Waals surface area contributed by atoms with E-state index in [1.807, 2.05) is 32.0 Å². The zero-order valence-corrected chi connectivity index (χ0v) is 16.1. The molecule has 3 aromatic rings. The fraction of sp³-hybridized carbons (Fsp3) is 0.105. The molecule has 144 valence electrons. The number of amides is 1. The highest BCUT2D eigenvalue weighted by Crippen LogP contribution is 2.26. The summed E-state index contributed by atoms with van der Waals surface area (Å²) in [7, 11) is 0. The Hall–Kier alpha value is -3.46. The van der Waals surface area contributed by atoms with E-state index in [-0.39, 0.29) is 11.3 Å². The summed E-state index contributed by atoms with van der Waals surface area (Å²) in [5.41, 5.74) is 2.28. The van der Waals surface area contributed by atoms with Crippen molar-refractivity contribution in [1.82, 2.24) is 10.4 Å². The van der Waals surface area contributed by atoms with E-state index in [0.717, 1.165) is 5.03 Å². The minimum atomic E-state index is -0.566. The third kappa shape index (κ3) is 6.06. The first kappa shape index (κ1) is 20.8. The molecule has 1 N–H and O–H groups in total. The van der Waals surface area contributed by atoms with E-state index in [4.69, 9.17) is 4.42 Å². The Labute approximate surface area is 165 Å². The van der Waals surface area contributed by atoms with Crippen molar-refractivity contribution in [2.24, 2.45) is 5.10 Å². The SMILES string of the molecule is CC.O=C(N/N=C/c1ccc(Sc2ccccn2)o1)c1cccc([N+](=O)[O-])c1. The van der Waals surface area contributed by atoms with Gasteiger partial charge in [0.05, 0.1) is 11.1 Å². The van der Waals surface area contributed by atoms with Crippen LogP contribution in [0.5, 0.6) is 0 Å². The molecule has 0 unspecified atom stereocenters. The molecule has 3 rings (SSSR count). The molecule has 0 saturated heterocycles. The quantitative estimate of drug-likeness (QED) is 0.371. The van der Waals surface area contributed by atoms with Crippen molar-refractivity contribution in [1.29, 1.82) is 0 Å². The Kier molecular flexibility index (Phi) is 7.92. The van der Waals surface area contributed by atoms with Gasteiger partial charge in [-0.25, -0.2) is 10.4 Å². The minimum Gasteiger partial charge on any atom is -0.448 e. The normalized spacial score (nSPS) is 10.2. The number of nitro groups is 1. The highest BCUT2D eigenvalue weighted by Gasteiger charge is 2.10. The van der Waals surface area contributed by atoms with Crippen molar-refractivity contribution in [2.75, 3.05) is 0 Å². The first-order valence-electron chi connectivity index (χ1n) is 8.38. The largest absolute Gasteiger partial charge is 0.448 e. The van der Waals surface area contributed by atoms with E-state index in [2.05, 4.69) is 15.5 Å². The molecule has 0 atom stereocenters. The summed E-state index contributed by atoms with van der Waals surface area (Å²) in [5, 5.41) is 16.0. The maximum atomic E-state index is 12.0. The monoisotopic (exact) mass is 398 g/mol. The number of non-ortho nitro benzene ring substituents is 1. The van der Waals surface area contributed by atoms with Crippen LogP contribution < -0.4 is 5.43 Å². The van der Waals surface area contributed by atoms with Crippen LogP contribution in [0.1, 0.15) is 30.0 Å². The molecule has 8 nitrogen and oxygen atoms in total. The average molecular weight is 398 g/mol. The summed E-state index contributed by atoms with van der Waals surface area (Å²) in [6.45, 7) is 4.00. The Morgan fingerprint density at radius 3 is 2.75 bits per heavy atom. The van der Waals surface area contributed by atoms with Gasteiger partial charge in [-0.05, 0) is 42.1 Å². The van der Waals surface area contributed by atoms with Gasteiger partial charge in [0.15, 0.2) is 5.09 Å². The van der Waals surface area contributed by atoms with Crippen molar-refractivity contribution >= 4 is 29.6 Å². The summed E-state index contributed by atoms with van der Waals surface area (Å²) in [4.78, 5) is 26.3. The first-order chi connectivity index (χ1) is 13.6. The smallest absolute Gasteiger partial charge is 0.271 e. The molecule has 0 aliphatic heterocycles. The summed E-state index contributed by atoms with van der Waals surface area (Å²) in [6.07, 6.45) is 3.04. The zero-order valence-electron chi connectivity index (χ0n) is 15.2.